The molecule has 1 aliphatic rings. The third-order valence-electron chi connectivity index (χ3n) is 5.44. The van der Waals surface area contributed by atoms with Gasteiger partial charge in [-0.1, -0.05) is 40.2 Å². The number of hydrogen-bond donors (Lipinski definition) is 0. The number of nitrogens with zero attached hydrogens (tertiary/aromatic N) is 2. The van der Waals surface area contributed by atoms with Crippen LogP contribution in [0.4, 0.5) is 0 Å². The van der Waals surface area contributed by atoms with Crippen LogP contribution in [-0.4, -0.2) is 54.0 Å². The summed E-state index contributed by atoms with van der Waals surface area (Å²) >= 11 is 3.47. The fraction of sp³-hybridized carbons (Fsp3) is 0.391. The first-order valence-electron chi connectivity index (χ1n) is 9.82. The number of benzene rings is 2. The van der Waals surface area contributed by atoms with E-state index in [1.54, 1.807) is 12.1 Å². The largest absolute Gasteiger partial charge is 0.465 e. The molecule has 0 N–H and O–H groups in total. The molecule has 2 atom stereocenters. The summed E-state index contributed by atoms with van der Waals surface area (Å²) in [4.78, 5) is 28.8. The third-order valence-corrected chi connectivity index (χ3v) is 5.93. The van der Waals surface area contributed by atoms with Crippen LogP contribution in [0.5, 0.6) is 0 Å². The van der Waals surface area contributed by atoms with Gasteiger partial charge in [0.05, 0.1) is 19.1 Å². The van der Waals surface area contributed by atoms with Gasteiger partial charge in [0.15, 0.2) is 0 Å². The highest BCUT2D eigenvalue weighted by atomic mass is 79.9. The zero-order valence-electron chi connectivity index (χ0n) is 17.1. The summed E-state index contributed by atoms with van der Waals surface area (Å²) in [5.41, 5.74) is 2.73. The fourth-order valence-corrected chi connectivity index (χ4v) is 4.33. The second-order valence-corrected chi connectivity index (χ2v) is 8.58. The van der Waals surface area contributed by atoms with Crippen molar-refractivity contribution < 1.29 is 14.3 Å². The molecule has 154 valence electrons. The molecule has 0 aromatic heterocycles. The van der Waals surface area contributed by atoms with Crippen molar-refractivity contribution in [2.24, 2.45) is 0 Å². The van der Waals surface area contributed by atoms with Gasteiger partial charge in [0, 0.05) is 36.2 Å². The van der Waals surface area contributed by atoms with E-state index in [1.165, 1.54) is 7.11 Å². The van der Waals surface area contributed by atoms with Gasteiger partial charge in [-0.2, -0.15) is 0 Å². The van der Waals surface area contributed by atoms with Crippen LogP contribution in [0.1, 0.15) is 35.3 Å². The van der Waals surface area contributed by atoms with E-state index in [1.807, 2.05) is 41.3 Å². The summed E-state index contributed by atoms with van der Waals surface area (Å²) in [6, 6.07) is 16.0. The lowest BCUT2D eigenvalue weighted by atomic mass is 10.0. The number of esters is 1. The zero-order chi connectivity index (χ0) is 21.0. The maximum absolute atomic E-state index is 12.8. The van der Waals surface area contributed by atoms with Crippen LogP contribution in [-0.2, 0) is 22.5 Å². The van der Waals surface area contributed by atoms with Gasteiger partial charge in [-0.3, -0.25) is 9.69 Å². The smallest absolute Gasteiger partial charge is 0.337 e. The van der Waals surface area contributed by atoms with E-state index in [-0.39, 0.29) is 24.0 Å². The number of methoxy groups -OCH3 is 1. The molecule has 1 amide bonds. The Morgan fingerprint density at radius 3 is 2.28 bits per heavy atom. The number of hydrogen-bond acceptors (Lipinski definition) is 4. The van der Waals surface area contributed by atoms with Gasteiger partial charge in [-0.15, -0.1) is 0 Å². The molecule has 1 saturated heterocycles. The summed E-state index contributed by atoms with van der Waals surface area (Å²) in [5, 5.41) is 0. The fourth-order valence-electron chi connectivity index (χ4n) is 3.88. The minimum absolute atomic E-state index is 0.170. The minimum atomic E-state index is -0.323. The third kappa shape index (κ3) is 5.46. The molecule has 0 aliphatic carbocycles. The van der Waals surface area contributed by atoms with Crippen LogP contribution in [0.2, 0.25) is 0 Å². The molecule has 0 radical (unpaired) electrons. The minimum Gasteiger partial charge on any atom is -0.465 e. The molecule has 5 nitrogen and oxygen atoms in total. The molecule has 6 heteroatoms. The predicted octanol–water partition coefficient (Wildman–Crippen LogP) is 3.90. The van der Waals surface area contributed by atoms with Gasteiger partial charge in [0.25, 0.3) is 0 Å². The van der Waals surface area contributed by atoms with E-state index in [0.29, 0.717) is 12.0 Å². The second kappa shape index (κ2) is 9.55. The van der Waals surface area contributed by atoms with Gasteiger partial charge in [0.2, 0.25) is 5.91 Å². The monoisotopic (exact) mass is 458 g/mol. The van der Waals surface area contributed by atoms with Crippen LogP contribution in [0.25, 0.3) is 0 Å². The highest BCUT2D eigenvalue weighted by Crippen LogP contribution is 2.21. The number of ether oxygens (including phenoxy) is 1. The molecule has 29 heavy (non-hydrogen) atoms. The lowest BCUT2D eigenvalue weighted by Gasteiger charge is -2.44. The number of amides is 1. The number of piperazine rings is 1. The highest BCUT2D eigenvalue weighted by molar-refractivity contribution is 9.10. The molecular formula is C23H27BrN2O3. The van der Waals surface area contributed by atoms with Crippen LogP contribution in [0.3, 0.4) is 0 Å². The van der Waals surface area contributed by atoms with Crippen molar-refractivity contribution in [3.8, 4) is 0 Å². The van der Waals surface area contributed by atoms with Crippen molar-refractivity contribution in [3.63, 3.8) is 0 Å². The Morgan fingerprint density at radius 2 is 1.69 bits per heavy atom. The van der Waals surface area contributed by atoms with Crippen LogP contribution < -0.4 is 0 Å². The van der Waals surface area contributed by atoms with Gasteiger partial charge in [-0.25, -0.2) is 4.79 Å². The molecule has 1 heterocycles. The molecule has 0 saturated carbocycles. The van der Waals surface area contributed by atoms with Gasteiger partial charge in [0.1, 0.15) is 0 Å². The van der Waals surface area contributed by atoms with Gasteiger partial charge in [-0.05, 0) is 49.2 Å². The molecule has 0 bridgehead atoms. The molecular weight excluding hydrogens is 432 g/mol. The lowest BCUT2D eigenvalue weighted by molar-refractivity contribution is -0.135. The van der Waals surface area contributed by atoms with E-state index >= 15 is 0 Å². The first-order chi connectivity index (χ1) is 13.9. The first-order valence-corrected chi connectivity index (χ1v) is 10.6. The van der Waals surface area contributed by atoms with Crippen LogP contribution in [0, 0.1) is 0 Å². The maximum atomic E-state index is 12.8. The van der Waals surface area contributed by atoms with E-state index in [4.69, 9.17) is 4.74 Å². The number of carbonyl (C=O) groups excluding carboxylic acids is 2. The Labute approximate surface area is 180 Å². The standard InChI is InChI=1S/C23H27BrN2O3/c1-16-13-25(22(27)12-19-5-4-6-21(24)11-19)14-17(2)26(16)15-18-7-9-20(10-8-18)23(28)29-3/h4-11,16-17H,12-15H2,1-3H3/t16-,17+. The Morgan fingerprint density at radius 1 is 1.03 bits per heavy atom. The van der Waals surface area contributed by atoms with Gasteiger partial charge >= 0.3 is 5.97 Å². The first kappa shape index (κ1) is 21.5. The molecule has 0 unspecified atom stereocenters. The SMILES string of the molecule is COC(=O)c1ccc(CN2[C@H](C)CN(C(=O)Cc3cccc(Br)c3)C[C@@H]2C)cc1. The lowest BCUT2D eigenvalue weighted by Crippen LogP contribution is -2.57. The molecule has 3 rings (SSSR count). The average molecular weight is 459 g/mol. The van der Waals surface area contributed by atoms with Crippen molar-refractivity contribution in [2.75, 3.05) is 20.2 Å². The molecule has 2 aromatic carbocycles. The highest BCUT2D eigenvalue weighted by Gasteiger charge is 2.31. The average Bonchev–Trinajstić information content (AvgIpc) is 2.70. The van der Waals surface area contributed by atoms with Crippen LogP contribution in [0.15, 0.2) is 53.0 Å². The Balaban J connectivity index is 1.60. The number of rotatable bonds is 5. The Kier molecular flexibility index (Phi) is 7.09. The Hall–Kier alpha value is -2.18. The second-order valence-electron chi connectivity index (χ2n) is 7.66. The molecule has 0 spiro atoms. The van der Waals surface area contributed by atoms with E-state index in [0.717, 1.165) is 35.2 Å². The Bertz CT molecular complexity index is 857. The zero-order valence-corrected chi connectivity index (χ0v) is 18.7. The summed E-state index contributed by atoms with van der Waals surface area (Å²) in [5.74, 6) is -0.153. The quantitative estimate of drug-likeness (QED) is 0.637. The van der Waals surface area contributed by atoms with E-state index in [9.17, 15) is 9.59 Å². The van der Waals surface area contributed by atoms with E-state index < -0.39 is 0 Å². The van der Waals surface area contributed by atoms with Gasteiger partial charge < -0.3 is 9.64 Å². The summed E-state index contributed by atoms with van der Waals surface area (Å²) in [7, 11) is 1.39. The number of carbonyl (C=O) groups is 2. The molecule has 1 fully saturated rings. The van der Waals surface area contributed by atoms with Crippen molar-refractivity contribution >= 4 is 27.8 Å². The van der Waals surface area contributed by atoms with Crippen molar-refractivity contribution in [1.82, 2.24) is 9.80 Å². The summed E-state index contributed by atoms with van der Waals surface area (Å²) in [6.45, 7) is 6.56. The predicted molar refractivity (Wildman–Crippen MR) is 117 cm³/mol. The van der Waals surface area contributed by atoms with Crippen molar-refractivity contribution in [3.05, 3.63) is 69.7 Å². The normalized spacial score (nSPS) is 19.8. The van der Waals surface area contributed by atoms with Crippen molar-refractivity contribution in [1.29, 1.82) is 0 Å². The number of halogens is 1. The summed E-state index contributed by atoms with van der Waals surface area (Å²) < 4.78 is 5.75. The summed E-state index contributed by atoms with van der Waals surface area (Å²) in [6.07, 6.45) is 0.424. The van der Waals surface area contributed by atoms with E-state index in [2.05, 4.69) is 34.7 Å². The molecule has 1 aliphatic heterocycles. The molecule has 2 aromatic rings. The topological polar surface area (TPSA) is 49.9 Å². The van der Waals surface area contributed by atoms with Crippen molar-refractivity contribution in [2.45, 2.75) is 38.9 Å². The van der Waals surface area contributed by atoms with Crippen LogP contribution >= 0.6 is 15.9 Å². The maximum Gasteiger partial charge on any atom is 0.337 e.